The largest absolute Gasteiger partial charge is 0.481 e. The van der Waals surface area contributed by atoms with Crippen molar-refractivity contribution in [2.24, 2.45) is 11.8 Å². The fraction of sp³-hybridized carbons (Fsp3) is 0.667. The molecule has 1 aliphatic rings. The van der Waals surface area contributed by atoms with Gasteiger partial charge in [-0.25, -0.2) is 0 Å². The SMILES string of the molecule is CCc1noc(CC)c1CC(=O)N1C[C@@H](C(F)(F)F)[C@H](C(=O)O)C1.Cl. The van der Waals surface area contributed by atoms with Crippen LogP contribution >= 0.6 is 12.4 Å². The molecule has 0 bridgehead atoms. The third kappa shape index (κ3) is 4.45. The van der Waals surface area contributed by atoms with Gasteiger partial charge >= 0.3 is 12.1 Å². The summed E-state index contributed by atoms with van der Waals surface area (Å²) in [4.78, 5) is 24.4. The van der Waals surface area contributed by atoms with Gasteiger partial charge in [0.1, 0.15) is 5.76 Å². The molecule has 1 amide bonds. The summed E-state index contributed by atoms with van der Waals surface area (Å²) in [6.07, 6.45) is -3.74. The molecule has 0 radical (unpaired) electrons. The normalized spacial score (nSPS) is 20.4. The molecule has 2 rings (SSSR count). The Balaban J connectivity index is 0.00000312. The summed E-state index contributed by atoms with van der Waals surface area (Å²) < 4.78 is 44.1. The molecule has 10 heteroatoms. The lowest BCUT2D eigenvalue weighted by molar-refractivity contribution is -0.188. The van der Waals surface area contributed by atoms with Crippen LogP contribution in [0.25, 0.3) is 0 Å². The van der Waals surface area contributed by atoms with E-state index in [0.29, 0.717) is 29.9 Å². The number of carbonyl (C=O) groups is 2. The van der Waals surface area contributed by atoms with Gasteiger partial charge in [-0.05, 0) is 6.42 Å². The van der Waals surface area contributed by atoms with Crippen molar-refractivity contribution in [3.8, 4) is 0 Å². The highest BCUT2D eigenvalue weighted by molar-refractivity contribution is 5.85. The van der Waals surface area contributed by atoms with Crippen LogP contribution in [0, 0.1) is 11.8 Å². The third-order valence-corrected chi connectivity index (χ3v) is 4.35. The van der Waals surface area contributed by atoms with E-state index in [2.05, 4.69) is 5.16 Å². The standard InChI is InChI=1S/C15H19F3N2O4.ClH/c1-3-11-8(12(4-2)24-19-11)5-13(21)20-6-9(14(22)23)10(7-20)15(16,17)18;/h9-10H,3-7H2,1-2H3,(H,22,23);1H/t9-,10-;/m1./s1. The number of likely N-dealkylation sites (tertiary alicyclic amines) is 1. The number of aliphatic carboxylic acids is 1. The second kappa shape index (κ2) is 8.07. The predicted octanol–water partition coefficient (Wildman–Crippen LogP) is 2.49. The topological polar surface area (TPSA) is 83.6 Å². The first kappa shape index (κ1) is 21.3. The van der Waals surface area contributed by atoms with Gasteiger partial charge in [0, 0.05) is 25.1 Å². The predicted molar refractivity (Wildman–Crippen MR) is 83.5 cm³/mol. The zero-order valence-electron chi connectivity index (χ0n) is 13.8. The fourth-order valence-corrected chi connectivity index (χ4v) is 2.99. The fourth-order valence-electron chi connectivity index (χ4n) is 2.99. The first-order chi connectivity index (χ1) is 11.2. The number of hydrogen-bond acceptors (Lipinski definition) is 4. The number of rotatable bonds is 5. The Morgan fingerprint density at radius 2 is 1.92 bits per heavy atom. The molecule has 2 atom stereocenters. The second-order valence-corrected chi connectivity index (χ2v) is 5.81. The number of halogens is 4. The summed E-state index contributed by atoms with van der Waals surface area (Å²) in [6, 6.07) is 0. The van der Waals surface area contributed by atoms with Gasteiger partial charge < -0.3 is 14.5 Å². The molecule has 25 heavy (non-hydrogen) atoms. The van der Waals surface area contributed by atoms with Crippen LogP contribution in [0.15, 0.2) is 4.52 Å². The summed E-state index contributed by atoms with van der Waals surface area (Å²) in [5.41, 5.74) is 1.19. The van der Waals surface area contributed by atoms with Crippen molar-refractivity contribution < 1.29 is 32.4 Å². The van der Waals surface area contributed by atoms with Crippen LogP contribution < -0.4 is 0 Å². The van der Waals surface area contributed by atoms with Crippen molar-refractivity contribution in [2.45, 2.75) is 39.3 Å². The first-order valence-electron chi connectivity index (χ1n) is 7.72. The van der Waals surface area contributed by atoms with Crippen molar-refractivity contribution in [1.82, 2.24) is 10.1 Å². The summed E-state index contributed by atoms with van der Waals surface area (Å²) in [5, 5.41) is 12.9. The number of aromatic nitrogens is 1. The van der Waals surface area contributed by atoms with Crippen molar-refractivity contribution >= 4 is 24.3 Å². The average molecular weight is 385 g/mol. The number of alkyl halides is 3. The molecule has 1 aromatic rings. The number of aryl methyl sites for hydroxylation is 2. The van der Waals surface area contributed by atoms with Gasteiger partial charge in [0.05, 0.1) is 24.0 Å². The zero-order valence-corrected chi connectivity index (χ0v) is 14.6. The lowest BCUT2D eigenvalue weighted by Crippen LogP contribution is -2.34. The van der Waals surface area contributed by atoms with Crippen LogP contribution in [-0.2, 0) is 28.9 Å². The number of carboxylic acids is 1. The van der Waals surface area contributed by atoms with E-state index in [-0.39, 0.29) is 18.8 Å². The van der Waals surface area contributed by atoms with E-state index >= 15 is 0 Å². The molecule has 0 aliphatic carbocycles. The van der Waals surface area contributed by atoms with Crippen LogP contribution in [0.1, 0.15) is 30.9 Å². The number of carbonyl (C=O) groups excluding carboxylic acids is 1. The molecule has 6 nitrogen and oxygen atoms in total. The van der Waals surface area contributed by atoms with Crippen LogP contribution in [0.4, 0.5) is 13.2 Å². The smallest absolute Gasteiger partial charge is 0.394 e. The molecule has 0 saturated carbocycles. The van der Waals surface area contributed by atoms with Crippen molar-refractivity contribution in [2.75, 3.05) is 13.1 Å². The maximum Gasteiger partial charge on any atom is 0.394 e. The van der Waals surface area contributed by atoms with Gasteiger partial charge in [-0.3, -0.25) is 9.59 Å². The highest BCUT2D eigenvalue weighted by Crippen LogP contribution is 2.38. The molecule has 1 fully saturated rings. The van der Waals surface area contributed by atoms with E-state index in [9.17, 15) is 22.8 Å². The minimum atomic E-state index is -4.65. The van der Waals surface area contributed by atoms with Gasteiger partial charge in [0.15, 0.2) is 0 Å². The highest BCUT2D eigenvalue weighted by atomic mass is 35.5. The molecular weight excluding hydrogens is 365 g/mol. The van der Waals surface area contributed by atoms with Crippen LogP contribution in [0.5, 0.6) is 0 Å². The Morgan fingerprint density at radius 3 is 2.36 bits per heavy atom. The van der Waals surface area contributed by atoms with E-state index in [1.807, 2.05) is 13.8 Å². The van der Waals surface area contributed by atoms with Gasteiger partial charge in [0.2, 0.25) is 5.91 Å². The summed E-state index contributed by atoms with van der Waals surface area (Å²) >= 11 is 0. The van der Waals surface area contributed by atoms with E-state index in [0.717, 1.165) is 4.90 Å². The second-order valence-electron chi connectivity index (χ2n) is 5.81. The minimum Gasteiger partial charge on any atom is -0.481 e. The minimum absolute atomic E-state index is 0. The molecule has 142 valence electrons. The average Bonchev–Trinajstić information content (AvgIpc) is 3.10. The Kier molecular flexibility index (Phi) is 6.87. The van der Waals surface area contributed by atoms with Gasteiger partial charge in [-0.15, -0.1) is 12.4 Å². The summed E-state index contributed by atoms with van der Waals surface area (Å²) in [7, 11) is 0. The lowest BCUT2D eigenvalue weighted by atomic mass is 9.96. The number of carboxylic acid groups (broad SMARTS) is 1. The Labute approximate surface area is 148 Å². The lowest BCUT2D eigenvalue weighted by Gasteiger charge is -2.18. The molecule has 0 aromatic carbocycles. The Hall–Kier alpha value is -1.77. The molecule has 1 saturated heterocycles. The molecule has 1 N–H and O–H groups in total. The third-order valence-electron chi connectivity index (χ3n) is 4.35. The Bertz CT molecular complexity index is 611. The van der Waals surface area contributed by atoms with E-state index < -0.39 is 43.0 Å². The maximum absolute atomic E-state index is 13.0. The quantitative estimate of drug-likeness (QED) is 0.843. The number of amides is 1. The molecule has 0 unspecified atom stereocenters. The molecule has 1 aliphatic heterocycles. The first-order valence-corrected chi connectivity index (χ1v) is 7.72. The molecular formula is C15H20ClF3N2O4. The van der Waals surface area contributed by atoms with Gasteiger partial charge in [-0.1, -0.05) is 19.0 Å². The maximum atomic E-state index is 13.0. The molecule has 0 spiro atoms. The van der Waals surface area contributed by atoms with E-state index in [1.165, 1.54) is 0 Å². The van der Waals surface area contributed by atoms with Crippen LogP contribution in [0.3, 0.4) is 0 Å². The Morgan fingerprint density at radius 1 is 1.28 bits per heavy atom. The summed E-state index contributed by atoms with van der Waals surface area (Å²) in [6.45, 7) is 2.59. The van der Waals surface area contributed by atoms with Crippen LogP contribution in [-0.4, -0.2) is 46.3 Å². The van der Waals surface area contributed by atoms with Crippen LogP contribution in [0.2, 0.25) is 0 Å². The summed E-state index contributed by atoms with van der Waals surface area (Å²) in [5.74, 6) is -5.23. The molecule has 2 heterocycles. The van der Waals surface area contributed by atoms with Gasteiger partial charge in [0.25, 0.3) is 0 Å². The molecule has 1 aromatic heterocycles. The monoisotopic (exact) mass is 384 g/mol. The van der Waals surface area contributed by atoms with Crippen molar-refractivity contribution in [3.05, 3.63) is 17.0 Å². The number of nitrogens with zero attached hydrogens (tertiary/aromatic N) is 2. The van der Waals surface area contributed by atoms with Crippen molar-refractivity contribution in [3.63, 3.8) is 0 Å². The zero-order chi connectivity index (χ0) is 18.1. The van der Waals surface area contributed by atoms with Gasteiger partial charge in [-0.2, -0.15) is 13.2 Å². The number of hydrogen-bond donors (Lipinski definition) is 1. The van der Waals surface area contributed by atoms with E-state index in [4.69, 9.17) is 9.63 Å². The van der Waals surface area contributed by atoms with Crippen molar-refractivity contribution in [1.29, 1.82) is 0 Å². The highest BCUT2D eigenvalue weighted by Gasteiger charge is 2.53. The van der Waals surface area contributed by atoms with E-state index in [1.54, 1.807) is 0 Å².